The highest BCUT2D eigenvalue weighted by Crippen LogP contribution is 2.17. The zero-order chi connectivity index (χ0) is 14.0. The molecule has 2 rings (SSSR count). The summed E-state index contributed by atoms with van der Waals surface area (Å²) in [5.41, 5.74) is 4.92. The Labute approximate surface area is 115 Å². The summed E-state index contributed by atoms with van der Waals surface area (Å²) >= 11 is 0. The van der Waals surface area contributed by atoms with Gasteiger partial charge < -0.3 is 9.73 Å². The molecule has 2 aromatic rings. The summed E-state index contributed by atoms with van der Waals surface area (Å²) in [4.78, 5) is 4.38. The molecule has 3 heteroatoms. The molecule has 0 saturated carbocycles. The van der Waals surface area contributed by atoms with Gasteiger partial charge in [-0.1, -0.05) is 18.2 Å². The van der Waals surface area contributed by atoms with Crippen LogP contribution < -0.4 is 5.32 Å². The zero-order valence-corrected chi connectivity index (χ0v) is 12.4. The average Bonchev–Trinajstić information content (AvgIpc) is 2.69. The largest absolute Gasteiger partial charge is 0.444 e. The van der Waals surface area contributed by atoms with Gasteiger partial charge in [-0.05, 0) is 51.3 Å². The standard InChI is InChI=1S/C16H22N2O/c1-10-6-7-15(8-11(10)2)13(4)17-9-16-18-12(3)14(5)19-16/h6-8,13,17H,9H2,1-5H3. The van der Waals surface area contributed by atoms with Crippen LogP contribution in [0.5, 0.6) is 0 Å². The third-order valence-corrected chi connectivity index (χ3v) is 3.66. The number of benzene rings is 1. The second-order valence-electron chi connectivity index (χ2n) is 5.20. The molecule has 1 unspecified atom stereocenters. The molecule has 1 N–H and O–H groups in total. The Morgan fingerprint density at radius 1 is 1.16 bits per heavy atom. The maximum Gasteiger partial charge on any atom is 0.208 e. The van der Waals surface area contributed by atoms with Gasteiger partial charge in [-0.3, -0.25) is 0 Å². The highest BCUT2D eigenvalue weighted by molar-refractivity contribution is 5.31. The fourth-order valence-corrected chi connectivity index (χ4v) is 2.01. The Bertz CT molecular complexity index is 553. The van der Waals surface area contributed by atoms with E-state index in [1.165, 1.54) is 16.7 Å². The fraction of sp³-hybridized carbons (Fsp3) is 0.438. The molecule has 0 aliphatic carbocycles. The summed E-state index contributed by atoms with van der Waals surface area (Å²) < 4.78 is 5.57. The number of aromatic nitrogens is 1. The van der Waals surface area contributed by atoms with Gasteiger partial charge in [0.25, 0.3) is 0 Å². The lowest BCUT2D eigenvalue weighted by Crippen LogP contribution is -2.18. The number of rotatable bonds is 4. The van der Waals surface area contributed by atoms with E-state index in [9.17, 15) is 0 Å². The van der Waals surface area contributed by atoms with Crippen molar-refractivity contribution in [2.75, 3.05) is 0 Å². The van der Waals surface area contributed by atoms with Crippen molar-refractivity contribution >= 4 is 0 Å². The molecule has 102 valence electrons. The van der Waals surface area contributed by atoms with Crippen molar-refractivity contribution in [1.29, 1.82) is 0 Å². The molecule has 19 heavy (non-hydrogen) atoms. The SMILES string of the molecule is Cc1ccc(C(C)NCc2nc(C)c(C)o2)cc1C. The first-order valence-corrected chi connectivity index (χ1v) is 6.71. The van der Waals surface area contributed by atoms with Crippen LogP contribution in [0.25, 0.3) is 0 Å². The van der Waals surface area contributed by atoms with E-state index in [2.05, 4.69) is 49.3 Å². The molecule has 1 atom stereocenters. The molecule has 0 amide bonds. The number of nitrogens with zero attached hydrogens (tertiary/aromatic N) is 1. The summed E-state index contributed by atoms with van der Waals surface area (Å²) in [5, 5.41) is 3.45. The van der Waals surface area contributed by atoms with Crippen LogP contribution in [0.1, 0.15) is 47.0 Å². The lowest BCUT2D eigenvalue weighted by molar-refractivity contribution is 0.432. The quantitative estimate of drug-likeness (QED) is 0.907. The average molecular weight is 258 g/mol. The minimum absolute atomic E-state index is 0.284. The Hall–Kier alpha value is -1.61. The van der Waals surface area contributed by atoms with Crippen LogP contribution in [0.3, 0.4) is 0 Å². The molecule has 1 aromatic heterocycles. The summed E-state index contributed by atoms with van der Waals surface area (Å²) in [6.45, 7) is 11.0. The first-order chi connectivity index (χ1) is 8.97. The maximum atomic E-state index is 5.57. The van der Waals surface area contributed by atoms with Crippen LogP contribution in [0.15, 0.2) is 22.6 Å². The van der Waals surface area contributed by atoms with E-state index in [4.69, 9.17) is 4.42 Å². The third kappa shape index (κ3) is 3.24. The summed E-state index contributed by atoms with van der Waals surface area (Å²) in [7, 11) is 0. The highest BCUT2D eigenvalue weighted by atomic mass is 16.4. The van der Waals surface area contributed by atoms with Crippen molar-refractivity contribution in [1.82, 2.24) is 10.3 Å². The number of aryl methyl sites for hydroxylation is 4. The van der Waals surface area contributed by atoms with Crippen LogP contribution in [-0.4, -0.2) is 4.98 Å². The van der Waals surface area contributed by atoms with Crippen LogP contribution >= 0.6 is 0 Å². The van der Waals surface area contributed by atoms with Crippen LogP contribution in [0, 0.1) is 27.7 Å². The van der Waals surface area contributed by atoms with Crippen molar-refractivity contribution in [3.63, 3.8) is 0 Å². The zero-order valence-electron chi connectivity index (χ0n) is 12.4. The maximum absolute atomic E-state index is 5.57. The predicted octanol–water partition coefficient (Wildman–Crippen LogP) is 3.76. The number of oxazole rings is 1. The van der Waals surface area contributed by atoms with Gasteiger partial charge in [0.05, 0.1) is 12.2 Å². The topological polar surface area (TPSA) is 38.1 Å². The van der Waals surface area contributed by atoms with E-state index in [0.29, 0.717) is 6.54 Å². The first-order valence-electron chi connectivity index (χ1n) is 6.71. The molecule has 0 aliphatic heterocycles. The summed E-state index contributed by atoms with van der Waals surface area (Å²) in [5.74, 6) is 1.65. The molecular formula is C16H22N2O. The fourth-order valence-electron chi connectivity index (χ4n) is 2.01. The molecule has 1 heterocycles. The van der Waals surface area contributed by atoms with E-state index >= 15 is 0 Å². The Morgan fingerprint density at radius 2 is 1.89 bits per heavy atom. The summed E-state index contributed by atoms with van der Waals surface area (Å²) in [6, 6.07) is 6.86. The van der Waals surface area contributed by atoms with Crippen molar-refractivity contribution in [3.8, 4) is 0 Å². The van der Waals surface area contributed by atoms with E-state index in [1.54, 1.807) is 0 Å². The number of hydrogen-bond acceptors (Lipinski definition) is 3. The van der Waals surface area contributed by atoms with E-state index < -0.39 is 0 Å². The third-order valence-electron chi connectivity index (χ3n) is 3.66. The van der Waals surface area contributed by atoms with E-state index in [0.717, 1.165) is 17.3 Å². The van der Waals surface area contributed by atoms with Gasteiger partial charge >= 0.3 is 0 Å². The molecule has 0 fully saturated rings. The number of hydrogen-bond donors (Lipinski definition) is 1. The number of nitrogens with one attached hydrogen (secondary N) is 1. The second kappa shape index (κ2) is 5.57. The molecule has 0 bridgehead atoms. The highest BCUT2D eigenvalue weighted by Gasteiger charge is 2.09. The normalized spacial score (nSPS) is 12.7. The Balaban J connectivity index is 2.00. The van der Waals surface area contributed by atoms with Gasteiger partial charge in [0.2, 0.25) is 5.89 Å². The molecule has 0 spiro atoms. The lowest BCUT2D eigenvalue weighted by Gasteiger charge is -2.14. The molecule has 0 saturated heterocycles. The minimum atomic E-state index is 0.284. The van der Waals surface area contributed by atoms with Crippen LogP contribution in [-0.2, 0) is 6.54 Å². The smallest absolute Gasteiger partial charge is 0.208 e. The van der Waals surface area contributed by atoms with Crippen molar-refractivity contribution < 1.29 is 4.42 Å². The Kier molecular flexibility index (Phi) is 4.05. The van der Waals surface area contributed by atoms with Crippen LogP contribution in [0.4, 0.5) is 0 Å². The molecule has 0 aliphatic rings. The monoisotopic (exact) mass is 258 g/mol. The predicted molar refractivity (Wildman–Crippen MR) is 77.1 cm³/mol. The van der Waals surface area contributed by atoms with Gasteiger partial charge in [-0.2, -0.15) is 0 Å². The molecule has 1 aromatic carbocycles. The van der Waals surface area contributed by atoms with Crippen molar-refractivity contribution in [2.24, 2.45) is 0 Å². The van der Waals surface area contributed by atoms with Crippen molar-refractivity contribution in [3.05, 3.63) is 52.2 Å². The Morgan fingerprint density at radius 3 is 2.47 bits per heavy atom. The minimum Gasteiger partial charge on any atom is -0.444 e. The summed E-state index contributed by atoms with van der Waals surface area (Å²) in [6.07, 6.45) is 0. The van der Waals surface area contributed by atoms with Crippen molar-refractivity contribution in [2.45, 2.75) is 47.2 Å². The van der Waals surface area contributed by atoms with E-state index in [1.807, 2.05) is 13.8 Å². The van der Waals surface area contributed by atoms with E-state index in [-0.39, 0.29) is 6.04 Å². The molecular weight excluding hydrogens is 236 g/mol. The molecule has 3 nitrogen and oxygen atoms in total. The van der Waals surface area contributed by atoms with Gasteiger partial charge in [-0.25, -0.2) is 4.98 Å². The van der Waals surface area contributed by atoms with Crippen LogP contribution in [0.2, 0.25) is 0 Å². The van der Waals surface area contributed by atoms with Gasteiger partial charge in [-0.15, -0.1) is 0 Å². The lowest BCUT2D eigenvalue weighted by atomic mass is 10.0. The van der Waals surface area contributed by atoms with Gasteiger partial charge in [0, 0.05) is 6.04 Å². The first kappa shape index (κ1) is 13.8. The van der Waals surface area contributed by atoms with Gasteiger partial charge in [0.1, 0.15) is 5.76 Å². The second-order valence-corrected chi connectivity index (χ2v) is 5.20. The van der Waals surface area contributed by atoms with Gasteiger partial charge in [0.15, 0.2) is 0 Å². The molecule has 0 radical (unpaired) electrons.